The van der Waals surface area contributed by atoms with Crippen LogP contribution in [0.5, 0.6) is 0 Å². The van der Waals surface area contributed by atoms with Crippen molar-refractivity contribution in [3.8, 4) is 0 Å². The highest BCUT2D eigenvalue weighted by Crippen LogP contribution is 2.32. The Morgan fingerprint density at radius 1 is 1.08 bits per heavy atom. The lowest BCUT2D eigenvalue weighted by atomic mass is 10.1. The van der Waals surface area contributed by atoms with Crippen molar-refractivity contribution in [1.29, 1.82) is 0 Å². The summed E-state index contributed by atoms with van der Waals surface area (Å²) >= 11 is 0. The van der Waals surface area contributed by atoms with Gasteiger partial charge in [0.25, 0.3) is 5.69 Å². The minimum absolute atomic E-state index is 0.0114. The van der Waals surface area contributed by atoms with Crippen LogP contribution in [0.25, 0.3) is 0 Å². The Hall–Kier alpha value is -2.60. The van der Waals surface area contributed by atoms with Gasteiger partial charge in [0.05, 0.1) is 4.92 Å². The lowest BCUT2D eigenvalue weighted by molar-refractivity contribution is -0.384. The van der Waals surface area contributed by atoms with Crippen molar-refractivity contribution >= 4 is 17.1 Å². The Labute approximate surface area is 148 Å². The summed E-state index contributed by atoms with van der Waals surface area (Å²) in [6, 6.07) is 15.3. The van der Waals surface area contributed by atoms with Crippen LogP contribution < -0.4 is 10.2 Å². The fraction of sp³-hybridized carbons (Fsp3) is 0.368. The Kier molecular flexibility index (Phi) is 5.19. The first kappa shape index (κ1) is 17.2. The average Bonchev–Trinajstić information content (AvgIpc) is 2.63. The Balaban J connectivity index is 1.85. The second kappa shape index (κ2) is 7.53. The summed E-state index contributed by atoms with van der Waals surface area (Å²) in [5.74, 6) is 0. The van der Waals surface area contributed by atoms with Gasteiger partial charge in [-0.25, -0.2) is 0 Å². The van der Waals surface area contributed by atoms with E-state index < -0.39 is 0 Å². The number of benzene rings is 2. The van der Waals surface area contributed by atoms with Crippen LogP contribution in [0.3, 0.4) is 0 Å². The first-order valence-corrected chi connectivity index (χ1v) is 8.58. The topological polar surface area (TPSA) is 61.6 Å². The third-order valence-electron chi connectivity index (χ3n) is 4.72. The molecule has 1 atom stereocenters. The van der Waals surface area contributed by atoms with Crippen LogP contribution in [0, 0.1) is 10.1 Å². The van der Waals surface area contributed by atoms with Gasteiger partial charge in [0.15, 0.2) is 0 Å². The molecule has 2 aromatic rings. The van der Waals surface area contributed by atoms with E-state index in [9.17, 15) is 10.1 Å². The van der Waals surface area contributed by atoms with E-state index in [2.05, 4.69) is 22.2 Å². The summed E-state index contributed by atoms with van der Waals surface area (Å²) in [5.41, 5.74) is 2.81. The fourth-order valence-electron chi connectivity index (χ4n) is 3.12. The molecule has 132 valence electrons. The Bertz CT molecular complexity index is 727. The standard InChI is InChI=1S/C19H24N4O2/c1-15(16-6-4-3-5-7-16)20-18-14-17(8-9-19(18)23(24)25)22-12-10-21(2)11-13-22/h3-9,14-15,20H,10-13H2,1-2H3. The number of nitro groups is 1. The molecular weight excluding hydrogens is 316 g/mol. The smallest absolute Gasteiger partial charge is 0.292 e. The molecule has 1 saturated heterocycles. The number of piperazine rings is 1. The summed E-state index contributed by atoms with van der Waals surface area (Å²) in [6.45, 7) is 5.88. The normalized spacial score (nSPS) is 16.5. The van der Waals surface area contributed by atoms with Gasteiger partial charge in [0.2, 0.25) is 0 Å². The van der Waals surface area contributed by atoms with E-state index in [0.717, 1.165) is 37.4 Å². The van der Waals surface area contributed by atoms with E-state index in [-0.39, 0.29) is 16.7 Å². The van der Waals surface area contributed by atoms with E-state index >= 15 is 0 Å². The van der Waals surface area contributed by atoms with E-state index in [4.69, 9.17) is 0 Å². The van der Waals surface area contributed by atoms with Gasteiger partial charge in [-0.3, -0.25) is 10.1 Å². The molecule has 0 aliphatic carbocycles. The highest BCUT2D eigenvalue weighted by molar-refractivity contribution is 5.69. The quantitative estimate of drug-likeness (QED) is 0.666. The minimum atomic E-state index is -0.326. The highest BCUT2D eigenvalue weighted by atomic mass is 16.6. The molecular formula is C19H24N4O2. The lowest BCUT2D eigenvalue weighted by Crippen LogP contribution is -2.44. The SMILES string of the molecule is CC(Nc1cc(N2CCN(C)CC2)ccc1[N+](=O)[O-])c1ccccc1. The van der Waals surface area contributed by atoms with Crippen LogP contribution in [-0.4, -0.2) is 43.0 Å². The minimum Gasteiger partial charge on any atom is -0.373 e. The molecule has 25 heavy (non-hydrogen) atoms. The third kappa shape index (κ3) is 4.09. The van der Waals surface area contributed by atoms with Crippen molar-refractivity contribution in [3.05, 3.63) is 64.2 Å². The van der Waals surface area contributed by atoms with Gasteiger partial charge in [0.1, 0.15) is 5.69 Å². The maximum atomic E-state index is 11.4. The van der Waals surface area contributed by atoms with E-state index in [1.807, 2.05) is 49.4 Å². The zero-order valence-electron chi connectivity index (χ0n) is 14.7. The van der Waals surface area contributed by atoms with Crippen molar-refractivity contribution in [3.63, 3.8) is 0 Å². The molecule has 0 bridgehead atoms. The van der Waals surface area contributed by atoms with E-state index in [1.165, 1.54) is 0 Å². The Morgan fingerprint density at radius 3 is 2.40 bits per heavy atom. The number of anilines is 2. The first-order chi connectivity index (χ1) is 12.0. The molecule has 1 N–H and O–H groups in total. The number of hydrogen-bond donors (Lipinski definition) is 1. The van der Waals surface area contributed by atoms with Gasteiger partial charge in [0, 0.05) is 44.0 Å². The van der Waals surface area contributed by atoms with Gasteiger partial charge in [-0.1, -0.05) is 30.3 Å². The van der Waals surface area contributed by atoms with Crippen molar-refractivity contribution in [2.75, 3.05) is 43.4 Å². The van der Waals surface area contributed by atoms with Crippen LogP contribution in [-0.2, 0) is 0 Å². The largest absolute Gasteiger partial charge is 0.373 e. The van der Waals surface area contributed by atoms with Crippen molar-refractivity contribution < 1.29 is 4.92 Å². The second-order valence-electron chi connectivity index (χ2n) is 6.53. The van der Waals surface area contributed by atoms with Crippen LogP contribution in [0.4, 0.5) is 17.1 Å². The molecule has 0 amide bonds. The predicted octanol–water partition coefficient (Wildman–Crippen LogP) is 3.52. The molecule has 1 unspecified atom stereocenters. The summed E-state index contributed by atoms with van der Waals surface area (Å²) < 4.78 is 0. The molecule has 0 aromatic heterocycles. The van der Waals surface area contributed by atoms with Crippen molar-refractivity contribution in [2.24, 2.45) is 0 Å². The van der Waals surface area contributed by atoms with Gasteiger partial charge >= 0.3 is 0 Å². The molecule has 6 heteroatoms. The maximum Gasteiger partial charge on any atom is 0.292 e. The molecule has 1 fully saturated rings. The van der Waals surface area contributed by atoms with Crippen molar-refractivity contribution in [1.82, 2.24) is 4.90 Å². The average molecular weight is 340 g/mol. The first-order valence-electron chi connectivity index (χ1n) is 8.58. The number of nitro benzene ring substituents is 1. The molecule has 6 nitrogen and oxygen atoms in total. The molecule has 1 heterocycles. The summed E-state index contributed by atoms with van der Waals surface area (Å²) in [5, 5.41) is 14.7. The molecule has 0 radical (unpaired) electrons. The van der Waals surface area contributed by atoms with Crippen LogP contribution in [0.15, 0.2) is 48.5 Å². The zero-order valence-corrected chi connectivity index (χ0v) is 14.7. The Morgan fingerprint density at radius 2 is 1.76 bits per heavy atom. The predicted molar refractivity (Wildman–Crippen MR) is 101 cm³/mol. The number of nitrogens with one attached hydrogen (secondary N) is 1. The number of nitrogens with zero attached hydrogens (tertiary/aromatic N) is 3. The number of rotatable bonds is 5. The summed E-state index contributed by atoms with van der Waals surface area (Å²) in [7, 11) is 2.11. The third-order valence-corrected chi connectivity index (χ3v) is 4.72. The van der Waals surface area contributed by atoms with Crippen molar-refractivity contribution in [2.45, 2.75) is 13.0 Å². The van der Waals surface area contributed by atoms with Gasteiger partial charge in [-0.05, 0) is 31.7 Å². The monoisotopic (exact) mass is 340 g/mol. The fourth-order valence-corrected chi connectivity index (χ4v) is 3.12. The number of hydrogen-bond acceptors (Lipinski definition) is 5. The molecule has 1 aliphatic rings. The van der Waals surface area contributed by atoms with E-state index in [0.29, 0.717) is 5.69 Å². The summed E-state index contributed by atoms with van der Waals surface area (Å²) in [4.78, 5) is 15.7. The maximum absolute atomic E-state index is 11.4. The van der Waals surface area contributed by atoms with Crippen LogP contribution in [0.1, 0.15) is 18.5 Å². The lowest BCUT2D eigenvalue weighted by Gasteiger charge is -2.34. The molecule has 3 rings (SSSR count). The van der Waals surface area contributed by atoms with Gasteiger partial charge in [-0.15, -0.1) is 0 Å². The molecule has 0 spiro atoms. The molecule has 2 aromatic carbocycles. The molecule has 1 aliphatic heterocycles. The number of likely N-dealkylation sites (N-methyl/N-ethyl adjacent to an activating group) is 1. The highest BCUT2D eigenvalue weighted by Gasteiger charge is 2.20. The van der Waals surface area contributed by atoms with Crippen LogP contribution >= 0.6 is 0 Å². The molecule has 0 saturated carbocycles. The zero-order chi connectivity index (χ0) is 17.8. The van der Waals surface area contributed by atoms with Gasteiger partial charge < -0.3 is 15.1 Å². The second-order valence-corrected chi connectivity index (χ2v) is 6.53. The van der Waals surface area contributed by atoms with E-state index in [1.54, 1.807) is 6.07 Å². The van der Waals surface area contributed by atoms with Gasteiger partial charge in [-0.2, -0.15) is 0 Å². The summed E-state index contributed by atoms with van der Waals surface area (Å²) in [6.07, 6.45) is 0. The van der Waals surface area contributed by atoms with Crippen LogP contribution in [0.2, 0.25) is 0 Å².